The van der Waals surface area contributed by atoms with Gasteiger partial charge in [-0.15, -0.1) is 0 Å². The van der Waals surface area contributed by atoms with E-state index in [2.05, 4.69) is 14.7 Å². The lowest BCUT2D eigenvalue weighted by Gasteiger charge is -2.08. The number of sulfonamides is 1. The van der Waals surface area contributed by atoms with Crippen molar-refractivity contribution >= 4 is 21.6 Å². The van der Waals surface area contributed by atoms with Crippen LogP contribution < -0.4 is 4.72 Å². The highest BCUT2D eigenvalue weighted by atomic mass is 35.5. The van der Waals surface area contributed by atoms with Crippen molar-refractivity contribution in [2.24, 2.45) is 0 Å². The molecule has 0 spiro atoms. The summed E-state index contributed by atoms with van der Waals surface area (Å²) in [6.45, 7) is -0.268. The maximum absolute atomic E-state index is 12.1. The minimum atomic E-state index is -3.69. The van der Waals surface area contributed by atoms with Crippen molar-refractivity contribution in [2.75, 3.05) is 0 Å². The molecule has 2 aromatic rings. The van der Waals surface area contributed by atoms with Crippen LogP contribution in [0.25, 0.3) is 0 Å². The predicted octanol–water partition coefficient (Wildman–Crippen LogP) is 1.10. The van der Waals surface area contributed by atoms with Gasteiger partial charge in [-0.25, -0.2) is 23.1 Å². The normalized spacial score (nSPS) is 11.5. The largest absolute Gasteiger partial charge is 0.392 e. The van der Waals surface area contributed by atoms with E-state index in [9.17, 15) is 8.42 Å². The molecule has 6 nitrogen and oxygen atoms in total. The van der Waals surface area contributed by atoms with Crippen LogP contribution >= 0.6 is 11.6 Å². The van der Waals surface area contributed by atoms with Crippen LogP contribution in [0.15, 0.2) is 41.7 Å². The molecule has 0 atom stereocenters. The third-order valence-corrected chi connectivity index (χ3v) is 4.35. The van der Waals surface area contributed by atoms with E-state index in [1.165, 1.54) is 30.7 Å². The Morgan fingerprint density at radius 3 is 2.75 bits per heavy atom. The fourth-order valence-corrected chi connectivity index (χ4v) is 2.74. The molecule has 1 heterocycles. The Kier molecular flexibility index (Phi) is 4.66. The van der Waals surface area contributed by atoms with Gasteiger partial charge in [-0.2, -0.15) is 0 Å². The molecule has 0 aliphatic rings. The summed E-state index contributed by atoms with van der Waals surface area (Å²) in [4.78, 5) is 7.72. The van der Waals surface area contributed by atoms with Crippen molar-refractivity contribution in [1.29, 1.82) is 0 Å². The van der Waals surface area contributed by atoms with Gasteiger partial charge in [0, 0.05) is 11.2 Å². The molecule has 0 bridgehead atoms. The van der Waals surface area contributed by atoms with Gasteiger partial charge in [-0.05, 0) is 29.8 Å². The summed E-state index contributed by atoms with van der Waals surface area (Å²) in [5.74, 6) is 0. The van der Waals surface area contributed by atoms with Crippen molar-refractivity contribution in [1.82, 2.24) is 14.7 Å². The van der Waals surface area contributed by atoms with E-state index in [4.69, 9.17) is 16.7 Å². The summed E-state index contributed by atoms with van der Waals surface area (Å²) in [5, 5.41) is 9.42. The number of aromatic nitrogens is 2. The second kappa shape index (κ2) is 6.27. The topological polar surface area (TPSA) is 92.2 Å². The number of nitrogens with zero attached hydrogens (tertiary/aromatic N) is 2. The second-order valence-corrected chi connectivity index (χ2v) is 6.11. The number of hydrogen-bond donors (Lipinski definition) is 2. The van der Waals surface area contributed by atoms with Gasteiger partial charge < -0.3 is 5.11 Å². The third-order valence-electron chi connectivity index (χ3n) is 2.58. The summed E-state index contributed by atoms with van der Waals surface area (Å²) < 4.78 is 26.6. The number of hydrogen-bond acceptors (Lipinski definition) is 5. The van der Waals surface area contributed by atoms with Gasteiger partial charge in [0.25, 0.3) is 0 Å². The Morgan fingerprint density at radius 1 is 1.30 bits per heavy atom. The van der Waals surface area contributed by atoms with E-state index < -0.39 is 10.0 Å². The standard InChI is InChI=1S/C12H12ClN3O3S/c13-12-2-1-11(5-9(12)7-17)20(18,19)16-6-10-3-4-14-8-15-10/h1-5,8,16-17H,6-7H2. The number of rotatable bonds is 5. The maximum atomic E-state index is 12.1. The minimum absolute atomic E-state index is 0.0417. The summed E-state index contributed by atoms with van der Waals surface area (Å²) in [6.07, 6.45) is 2.87. The molecule has 2 N–H and O–H groups in total. The van der Waals surface area contributed by atoms with Crippen LogP contribution in [0.3, 0.4) is 0 Å². The summed E-state index contributed by atoms with van der Waals surface area (Å²) >= 11 is 5.83. The lowest BCUT2D eigenvalue weighted by atomic mass is 10.2. The SMILES string of the molecule is O=S(=O)(NCc1ccncn1)c1ccc(Cl)c(CO)c1. The van der Waals surface area contributed by atoms with E-state index in [1.54, 1.807) is 6.07 Å². The van der Waals surface area contributed by atoms with Crippen LogP contribution in [0.1, 0.15) is 11.3 Å². The van der Waals surface area contributed by atoms with Crippen LogP contribution in [0.2, 0.25) is 5.02 Å². The van der Waals surface area contributed by atoms with Crippen LogP contribution in [0, 0.1) is 0 Å². The third kappa shape index (κ3) is 3.51. The minimum Gasteiger partial charge on any atom is -0.392 e. The molecule has 2 rings (SSSR count). The van der Waals surface area contributed by atoms with Gasteiger partial charge >= 0.3 is 0 Å². The van der Waals surface area contributed by atoms with Gasteiger partial charge in [0.05, 0.1) is 23.7 Å². The average Bonchev–Trinajstić information content (AvgIpc) is 2.46. The first-order valence-electron chi connectivity index (χ1n) is 5.67. The average molecular weight is 314 g/mol. The molecule has 0 unspecified atom stereocenters. The molecule has 0 amide bonds. The van der Waals surface area contributed by atoms with Crippen LogP contribution in [0.4, 0.5) is 0 Å². The number of aliphatic hydroxyl groups excluding tert-OH is 1. The number of halogens is 1. The molecular formula is C12H12ClN3O3S. The Labute approximate surface area is 121 Å². The zero-order valence-corrected chi connectivity index (χ0v) is 11.9. The van der Waals surface area contributed by atoms with Crippen molar-refractivity contribution in [3.63, 3.8) is 0 Å². The van der Waals surface area contributed by atoms with E-state index >= 15 is 0 Å². The maximum Gasteiger partial charge on any atom is 0.240 e. The van der Waals surface area contributed by atoms with Crippen LogP contribution in [-0.2, 0) is 23.2 Å². The molecule has 0 fully saturated rings. The first-order valence-corrected chi connectivity index (χ1v) is 7.53. The lowest BCUT2D eigenvalue weighted by molar-refractivity contribution is 0.281. The summed E-state index contributed by atoms with van der Waals surface area (Å²) in [5.41, 5.74) is 0.913. The quantitative estimate of drug-likeness (QED) is 0.862. The van der Waals surface area contributed by atoms with Gasteiger partial charge in [-0.3, -0.25) is 0 Å². The van der Waals surface area contributed by atoms with Crippen LogP contribution in [0.5, 0.6) is 0 Å². The molecule has 0 saturated heterocycles. The van der Waals surface area contributed by atoms with E-state index in [0.29, 0.717) is 16.3 Å². The molecule has 0 radical (unpaired) electrons. The predicted molar refractivity (Wildman–Crippen MR) is 73.4 cm³/mol. The molecule has 0 aliphatic heterocycles. The lowest BCUT2D eigenvalue weighted by Crippen LogP contribution is -2.23. The molecule has 0 aliphatic carbocycles. The van der Waals surface area contributed by atoms with E-state index in [0.717, 1.165) is 0 Å². The van der Waals surface area contributed by atoms with E-state index in [1.807, 2.05) is 0 Å². The van der Waals surface area contributed by atoms with Gasteiger partial charge in [0.2, 0.25) is 10.0 Å². The fourth-order valence-electron chi connectivity index (χ4n) is 1.51. The van der Waals surface area contributed by atoms with E-state index in [-0.39, 0.29) is 18.0 Å². The molecule has 20 heavy (non-hydrogen) atoms. The first-order chi connectivity index (χ1) is 9.53. The van der Waals surface area contributed by atoms with Crippen molar-refractivity contribution in [2.45, 2.75) is 18.0 Å². The van der Waals surface area contributed by atoms with Gasteiger partial charge in [0.15, 0.2) is 0 Å². The van der Waals surface area contributed by atoms with Crippen molar-refractivity contribution in [3.8, 4) is 0 Å². The number of benzene rings is 1. The highest BCUT2D eigenvalue weighted by Crippen LogP contribution is 2.20. The monoisotopic (exact) mass is 313 g/mol. The number of nitrogens with one attached hydrogen (secondary N) is 1. The van der Waals surface area contributed by atoms with Crippen molar-refractivity contribution in [3.05, 3.63) is 53.1 Å². The smallest absolute Gasteiger partial charge is 0.240 e. The number of aliphatic hydroxyl groups is 1. The first kappa shape index (κ1) is 14.9. The fraction of sp³-hybridized carbons (Fsp3) is 0.167. The Hall–Kier alpha value is -1.54. The highest BCUT2D eigenvalue weighted by molar-refractivity contribution is 7.89. The second-order valence-electron chi connectivity index (χ2n) is 3.94. The highest BCUT2D eigenvalue weighted by Gasteiger charge is 2.15. The summed E-state index contributed by atoms with van der Waals surface area (Å²) in [6, 6.07) is 5.77. The molecule has 1 aromatic heterocycles. The summed E-state index contributed by atoms with van der Waals surface area (Å²) in [7, 11) is -3.69. The molecule has 0 saturated carbocycles. The Bertz CT molecular complexity index is 692. The van der Waals surface area contributed by atoms with Crippen LogP contribution in [-0.4, -0.2) is 23.5 Å². The Balaban J connectivity index is 2.18. The molecular weight excluding hydrogens is 302 g/mol. The van der Waals surface area contributed by atoms with Gasteiger partial charge in [-0.1, -0.05) is 11.6 Å². The zero-order valence-electron chi connectivity index (χ0n) is 10.3. The van der Waals surface area contributed by atoms with Gasteiger partial charge in [0.1, 0.15) is 6.33 Å². The molecule has 1 aromatic carbocycles. The van der Waals surface area contributed by atoms with Crippen molar-refractivity contribution < 1.29 is 13.5 Å². The Morgan fingerprint density at radius 2 is 2.10 bits per heavy atom. The zero-order chi connectivity index (χ0) is 14.6. The molecule has 106 valence electrons. The molecule has 8 heteroatoms.